The second-order valence-electron chi connectivity index (χ2n) is 7.62. The Morgan fingerprint density at radius 2 is 1.89 bits per heavy atom. The number of sulfonamides is 1. The van der Waals surface area contributed by atoms with Crippen molar-refractivity contribution in [3.8, 4) is 11.4 Å². The van der Waals surface area contributed by atoms with Gasteiger partial charge in [-0.15, -0.1) is 0 Å². The molecule has 0 spiro atoms. The number of carbonyl (C=O) groups is 1. The lowest BCUT2D eigenvalue weighted by Crippen LogP contribution is -2.13. The van der Waals surface area contributed by atoms with Crippen molar-refractivity contribution >= 4 is 38.9 Å². The van der Waals surface area contributed by atoms with Crippen LogP contribution in [0.2, 0.25) is 5.02 Å². The number of aromatic nitrogens is 3. The Kier molecular flexibility index (Phi) is 7.17. The molecule has 0 unspecified atom stereocenters. The summed E-state index contributed by atoms with van der Waals surface area (Å²) in [6.07, 6.45) is 5.98. The molecule has 0 atom stereocenters. The molecule has 2 aromatic heterocycles. The number of hydrogen-bond donors (Lipinski definition) is 2. The highest BCUT2D eigenvalue weighted by Crippen LogP contribution is 2.27. The molecule has 2 aromatic carbocycles. The third-order valence-electron chi connectivity index (χ3n) is 4.64. The van der Waals surface area contributed by atoms with E-state index in [0.717, 1.165) is 17.1 Å². The van der Waals surface area contributed by atoms with Crippen molar-refractivity contribution in [2.24, 2.45) is 0 Å². The number of para-hydroxylation sites is 1. The van der Waals surface area contributed by atoms with Gasteiger partial charge in [-0.3, -0.25) is 14.5 Å². The van der Waals surface area contributed by atoms with Crippen LogP contribution in [0.15, 0.2) is 67.3 Å². The average Bonchev–Trinajstić information content (AvgIpc) is 3.26. The summed E-state index contributed by atoms with van der Waals surface area (Å²) in [5, 5.41) is 6.85. The van der Waals surface area contributed by atoms with Gasteiger partial charge in [0.25, 0.3) is 5.91 Å². The van der Waals surface area contributed by atoms with E-state index in [1.807, 2.05) is 0 Å². The van der Waals surface area contributed by atoms with Crippen LogP contribution in [0, 0.1) is 11.6 Å². The molecule has 0 saturated carbocycles. The maximum absolute atomic E-state index is 14.7. The van der Waals surface area contributed by atoms with Crippen molar-refractivity contribution in [2.45, 2.75) is 6.61 Å². The molecule has 2 heterocycles. The number of nitrogens with zero attached hydrogens (tertiary/aromatic N) is 3. The Morgan fingerprint density at radius 3 is 2.64 bits per heavy atom. The van der Waals surface area contributed by atoms with Gasteiger partial charge in [-0.2, -0.15) is 5.10 Å². The highest BCUT2D eigenvalue weighted by Gasteiger charge is 2.17. The van der Waals surface area contributed by atoms with Crippen molar-refractivity contribution in [1.29, 1.82) is 0 Å². The fraction of sp³-hybridized carbons (Fsp3) is 0.0870. The summed E-state index contributed by atoms with van der Waals surface area (Å²) < 4.78 is 60.2. The van der Waals surface area contributed by atoms with Crippen molar-refractivity contribution < 1.29 is 26.7 Å². The van der Waals surface area contributed by atoms with E-state index in [0.29, 0.717) is 5.56 Å². The number of halogens is 3. The van der Waals surface area contributed by atoms with Crippen LogP contribution >= 0.6 is 11.6 Å². The van der Waals surface area contributed by atoms with Crippen LogP contribution in [0.1, 0.15) is 15.9 Å². The summed E-state index contributed by atoms with van der Waals surface area (Å²) in [5.74, 6) is -1.68. The minimum absolute atomic E-state index is 0.0525. The maximum Gasteiger partial charge on any atom is 0.258 e. The molecule has 0 aliphatic rings. The van der Waals surface area contributed by atoms with Gasteiger partial charge in [-0.25, -0.2) is 21.9 Å². The monoisotopic (exact) mass is 533 g/mol. The van der Waals surface area contributed by atoms with Crippen LogP contribution in [-0.4, -0.2) is 35.3 Å². The smallest absolute Gasteiger partial charge is 0.258 e. The molecule has 4 aromatic rings. The van der Waals surface area contributed by atoms with Crippen LogP contribution in [-0.2, 0) is 16.6 Å². The zero-order valence-electron chi connectivity index (χ0n) is 18.6. The number of ether oxygens (including phenoxy) is 1. The van der Waals surface area contributed by atoms with E-state index in [2.05, 4.69) is 20.1 Å². The Hall–Kier alpha value is -4.03. The van der Waals surface area contributed by atoms with E-state index in [1.165, 1.54) is 61.1 Å². The van der Waals surface area contributed by atoms with Crippen LogP contribution in [0.4, 0.5) is 20.2 Å². The van der Waals surface area contributed by atoms with Crippen LogP contribution in [0.25, 0.3) is 5.69 Å². The lowest BCUT2D eigenvalue weighted by molar-refractivity contribution is 0.102. The SMILES string of the molecule is CS(=O)(=O)Nc1cc(Cl)cc(NC(=O)c2cnn(-c3c(F)cccc3OCc3cncc(F)c3)c2)c1. The minimum Gasteiger partial charge on any atom is -0.486 e. The van der Waals surface area contributed by atoms with E-state index in [4.69, 9.17) is 16.3 Å². The lowest BCUT2D eigenvalue weighted by atomic mass is 10.2. The summed E-state index contributed by atoms with van der Waals surface area (Å²) >= 11 is 6.03. The summed E-state index contributed by atoms with van der Waals surface area (Å²) in [4.78, 5) is 16.5. The van der Waals surface area contributed by atoms with Crippen molar-refractivity contribution in [3.63, 3.8) is 0 Å². The van der Waals surface area contributed by atoms with Gasteiger partial charge in [0.2, 0.25) is 10.0 Å². The van der Waals surface area contributed by atoms with Gasteiger partial charge in [-0.1, -0.05) is 17.7 Å². The predicted octanol–water partition coefficient (Wildman–Crippen LogP) is 4.40. The second kappa shape index (κ2) is 10.3. The van der Waals surface area contributed by atoms with E-state index < -0.39 is 27.6 Å². The molecule has 0 bridgehead atoms. The molecule has 1 amide bonds. The Morgan fingerprint density at radius 1 is 1.11 bits per heavy atom. The van der Waals surface area contributed by atoms with Gasteiger partial charge < -0.3 is 10.1 Å². The molecule has 0 aliphatic heterocycles. The molecule has 13 heteroatoms. The zero-order chi connectivity index (χ0) is 25.9. The van der Waals surface area contributed by atoms with E-state index >= 15 is 0 Å². The third-order valence-corrected chi connectivity index (χ3v) is 5.46. The van der Waals surface area contributed by atoms with Gasteiger partial charge in [-0.05, 0) is 36.4 Å². The molecule has 9 nitrogen and oxygen atoms in total. The summed E-state index contributed by atoms with van der Waals surface area (Å²) in [7, 11) is -3.56. The second-order valence-corrected chi connectivity index (χ2v) is 9.80. The number of rotatable bonds is 8. The molecule has 0 fully saturated rings. The van der Waals surface area contributed by atoms with Crippen molar-refractivity contribution in [3.05, 3.63) is 95.0 Å². The molecule has 2 N–H and O–H groups in total. The quantitative estimate of drug-likeness (QED) is 0.347. The number of nitrogens with one attached hydrogen (secondary N) is 2. The molecule has 186 valence electrons. The largest absolute Gasteiger partial charge is 0.486 e. The van der Waals surface area contributed by atoms with E-state index in [9.17, 15) is 22.0 Å². The molecule has 0 radical (unpaired) electrons. The van der Waals surface area contributed by atoms with Crippen LogP contribution in [0.5, 0.6) is 5.75 Å². The number of pyridine rings is 1. The molecule has 36 heavy (non-hydrogen) atoms. The number of anilines is 2. The summed E-state index contributed by atoms with van der Waals surface area (Å²) in [6.45, 7) is -0.0750. The van der Waals surface area contributed by atoms with Gasteiger partial charge in [0.05, 0.1) is 29.9 Å². The zero-order valence-corrected chi connectivity index (χ0v) is 20.1. The standard InChI is InChI=1S/C23H18ClF2N5O4S/c1-36(33,34)30-19-7-16(24)6-18(8-19)29-23(32)15-10-28-31(12-15)22-20(26)3-2-4-21(22)35-13-14-5-17(25)11-27-9-14/h2-12,30H,13H2,1H3,(H,29,32). The number of amides is 1. The lowest BCUT2D eigenvalue weighted by Gasteiger charge is -2.12. The summed E-state index contributed by atoms with van der Waals surface area (Å²) in [6, 6.07) is 9.60. The fourth-order valence-corrected chi connectivity index (χ4v) is 4.01. The first-order valence-electron chi connectivity index (χ1n) is 10.2. The Bertz CT molecular complexity index is 1550. The first-order chi connectivity index (χ1) is 17.1. The highest BCUT2D eigenvalue weighted by molar-refractivity contribution is 7.92. The van der Waals surface area contributed by atoms with E-state index in [-0.39, 0.29) is 40.0 Å². The summed E-state index contributed by atoms with van der Waals surface area (Å²) in [5.41, 5.74) is 0.860. The predicted molar refractivity (Wildman–Crippen MR) is 130 cm³/mol. The van der Waals surface area contributed by atoms with Gasteiger partial charge in [0.15, 0.2) is 5.82 Å². The molecule has 4 rings (SSSR count). The minimum atomic E-state index is -3.56. The fourth-order valence-electron chi connectivity index (χ4n) is 3.23. The van der Waals surface area contributed by atoms with Gasteiger partial charge in [0.1, 0.15) is 23.9 Å². The Labute approximate surface area is 209 Å². The topological polar surface area (TPSA) is 115 Å². The number of hydrogen-bond acceptors (Lipinski definition) is 6. The van der Waals surface area contributed by atoms with E-state index in [1.54, 1.807) is 0 Å². The number of carbonyl (C=O) groups excluding carboxylic acids is 1. The Balaban J connectivity index is 1.54. The van der Waals surface area contributed by atoms with Crippen LogP contribution in [0.3, 0.4) is 0 Å². The molecule has 0 aliphatic carbocycles. The van der Waals surface area contributed by atoms with Crippen LogP contribution < -0.4 is 14.8 Å². The third kappa shape index (κ3) is 6.34. The highest BCUT2D eigenvalue weighted by atomic mass is 35.5. The first-order valence-corrected chi connectivity index (χ1v) is 12.5. The van der Waals surface area contributed by atoms with Gasteiger partial charge in [0, 0.05) is 28.7 Å². The van der Waals surface area contributed by atoms with Crippen molar-refractivity contribution in [2.75, 3.05) is 16.3 Å². The van der Waals surface area contributed by atoms with Gasteiger partial charge >= 0.3 is 0 Å². The average molecular weight is 534 g/mol. The molecule has 0 saturated heterocycles. The maximum atomic E-state index is 14.7. The first kappa shape index (κ1) is 25.1. The number of benzene rings is 2. The molecular formula is C23H18ClF2N5O4S. The normalized spacial score (nSPS) is 11.2. The van der Waals surface area contributed by atoms with Crippen molar-refractivity contribution in [1.82, 2.24) is 14.8 Å². The molecular weight excluding hydrogens is 516 g/mol.